The van der Waals surface area contributed by atoms with Crippen molar-refractivity contribution in [2.75, 3.05) is 13.6 Å². The zero-order valence-corrected chi connectivity index (χ0v) is 24.6. The minimum Gasteiger partial charge on any atom is -0.333 e. The molecule has 0 aromatic heterocycles. The van der Waals surface area contributed by atoms with Crippen LogP contribution in [0.5, 0.6) is 0 Å². The molecule has 1 aliphatic carbocycles. The Morgan fingerprint density at radius 3 is 2.16 bits per heavy atom. The van der Waals surface area contributed by atoms with Crippen LogP contribution in [0.25, 0.3) is 12.2 Å². The van der Waals surface area contributed by atoms with Crippen LogP contribution in [0.1, 0.15) is 60.9 Å². The predicted molar refractivity (Wildman–Crippen MR) is 175 cm³/mol. The Kier molecular flexibility index (Phi) is 18.7. The number of hydrogen-bond donors (Lipinski definition) is 1. The smallest absolute Gasteiger partial charge is 0.0609 e. The molecule has 0 radical (unpaired) electrons. The number of nitrogens with zero attached hydrogens (tertiary/aromatic N) is 1. The van der Waals surface area contributed by atoms with Crippen LogP contribution in [0.3, 0.4) is 0 Å². The molecule has 2 aromatic carbocycles. The lowest BCUT2D eigenvalue weighted by Crippen LogP contribution is -2.11. The van der Waals surface area contributed by atoms with Gasteiger partial charge in [-0.3, -0.25) is 4.99 Å². The van der Waals surface area contributed by atoms with Crippen LogP contribution in [0, 0.1) is 19.8 Å². The van der Waals surface area contributed by atoms with Crippen molar-refractivity contribution in [3.05, 3.63) is 133 Å². The molecule has 0 amide bonds. The second kappa shape index (κ2) is 20.6. The fourth-order valence-corrected chi connectivity index (χ4v) is 4.03. The topological polar surface area (TPSA) is 38.4 Å². The summed E-state index contributed by atoms with van der Waals surface area (Å²) in [5.74, 6) is 0.544. The van der Waals surface area contributed by atoms with Crippen molar-refractivity contribution in [2.45, 2.75) is 53.4 Å². The molecule has 2 N–H and O–H groups in total. The van der Waals surface area contributed by atoms with Crippen molar-refractivity contribution < 1.29 is 0 Å². The quantitative estimate of drug-likeness (QED) is 0.265. The first kappa shape index (κ1) is 34.5. The Labute approximate surface area is 233 Å². The molecule has 204 valence electrons. The van der Waals surface area contributed by atoms with E-state index in [0.717, 1.165) is 37.9 Å². The van der Waals surface area contributed by atoms with E-state index in [9.17, 15) is 0 Å². The van der Waals surface area contributed by atoms with Gasteiger partial charge in [0.25, 0.3) is 0 Å². The summed E-state index contributed by atoms with van der Waals surface area (Å²) in [5.41, 5.74) is 14.9. The normalized spacial score (nSPS) is 14.5. The third-order valence-electron chi connectivity index (χ3n) is 6.22. The van der Waals surface area contributed by atoms with E-state index < -0.39 is 0 Å². The van der Waals surface area contributed by atoms with E-state index >= 15 is 0 Å². The van der Waals surface area contributed by atoms with Gasteiger partial charge in [-0.2, -0.15) is 0 Å². The number of nitrogens with two attached hydrogens (primary N) is 1. The van der Waals surface area contributed by atoms with E-state index in [2.05, 4.69) is 133 Å². The minimum absolute atomic E-state index is 0.544. The van der Waals surface area contributed by atoms with Gasteiger partial charge in [-0.1, -0.05) is 87.2 Å². The Hall–Kier alpha value is -3.49. The Bertz CT molecular complexity index is 1080. The fraction of sp³-hybridized carbons (Fsp3) is 0.306. The van der Waals surface area contributed by atoms with Gasteiger partial charge >= 0.3 is 0 Å². The third-order valence-corrected chi connectivity index (χ3v) is 6.22. The SMILES string of the molecule is C=C.C=C.C=Cc1ccc(CCC2=C(C(/C=C/c3ccc(C)c(C)c3)=NCCC)CC(C)C=C2)cc1.CN. The maximum absolute atomic E-state index is 5.01. The average molecular weight is 511 g/mol. The largest absolute Gasteiger partial charge is 0.333 e. The molecule has 3 rings (SSSR count). The van der Waals surface area contributed by atoms with Crippen molar-refractivity contribution >= 4 is 17.9 Å². The van der Waals surface area contributed by atoms with Gasteiger partial charge in [0, 0.05) is 6.54 Å². The monoisotopic (exact) mass is 510 g/mol. The minimum atomic E-state index is 0.544. The molecule has 2 heteroatoms. The van der Waals surface area contributed by atoms with E-state index in [4.69, 9.17) is 4.99 Å². The zero-order chi connectivity index (χ0) is 28.9. The third kappa shape index (κ3) is 11.7. The molecular formula is C36H50N2. The summed E-state index contributed by atoms with van der Waals surface area (Å²) in [6.45, 7) is 25.5. The van der Waals surface area contributed by atoms with Gasteiger partial charge in [0.05, 0.1) is 5.71 Å². The van der Waals surface area contributed by atoms with Gasteiger partial charge in [-0.25, -0.2) is 0 Å². The molecule has 0 spiro atoms. The van der Waals surface area contributed by atoms with Crippen LogP contribution in [0.15, 0.2) is 110 Å². The maximum Gasteiger partial charge on any atom is 0.0609 e. The van der Waals surface area contributed by atoms with Gasteiger partial charge in [0.2, 0.25) is 0 Å². The summed E-state index contributed by atoms with van der Waals surface area (Å²) in [5, 5.41) is 0. The molecule has 0 aliphatic heterocycles. The standard InChI is InChI=1S/C31H37N.2C2H4.CH5N/c1-6-20-32-31(19-16-28-10-9-24(4)25(5)22-28)30-21-23(3)8-17-29(30)18-15-27-13-11-26(7-2)12-14-27;3*1-2/h7-14,16-17,19,22-23H,2,6,15,18,20-21H2,1,3-5H3;2*1-2H2;2H2,1H3/b19-16+,32-31?;;;. The number of benzene rings is 2. The van der Waals surface area contributed by atoms with Crippen LogP contribution < -0.4 is 5.73 Å². The molecule has 1 atom stereocenters. The highest BCUT2D eigenvalue weighted by Crippen LogP contribution is 2.29. The number of aryl methyl sites for hydroxylation is 3. The highest BCUT2D eigenvalue weighted by atomic mass is 14.7. The zero-order valence-electron chi connectivity index (χ0n) is 24.6. The number of hydrogen-bond acceptors (Lipinski definition) is 2. The predicted octanol–water partition coefficient (Wildman–Crippen LogP) is 9.52. The van der Waals surface area contributed by atoms with Gasteiger partial charge in [0.15, 0.2) is 0 Å². The van der Waals surface area contributed by atoms with Crippen LogP contribution >= 0.6 is 0 Å². The van der Waals surface area contributed by atoms with Crippen LogP contribution in [-0.4, -0.2) is 19.3 Å². The molecule has 1 aliphatic rings. The molecule has 2 nitrogen and oxygen atoms in total. The van der Waals surface area contributed by atoms with Crippen molar-refractivity contribution in [3.63, 3.8) is 0 Å². The van der Waals surface area contributed by atoms with Crippen molar-refractivity contribution in [2.24, 2.45) is 16.6 Å². The van der Waals surface area contributed by atoms with E-state index in [-0.39, 0.29) is 0 Å². The molecule has 38 heavy (non-hydrogen) atoms. The highest BCUT2D eigenvalue weighted by molar-refractivity contribution is 6.11. The molecule has 0 heterocycles. The Morgan fingerprint density at radius 1 is 0.947 bits per heavy atom. The molecule has 0 saturated heterocycles. The van der Waals surface area contributed by atoms with Gasteiger partial charge in [0.1, 0.15) is 0 Å². The van der Waals surface area contributed by atoms with Crippen molar-refractivity contribution in [1.82, 2.24) is 0 Å². The van der Waals surface area contributed by atoms with E-state index in [1.807, 2.05) is 6.08 Å². The van der Waals surface area contributed by atoms with E-state index in [1.165, 1.54) is 46.0 Å². The van der Waals surface area contributed by atoms with Gasteiger partial charge in [-0.05, 0) is 97.5 Å². The van der Waals surface area contributed by atoms with E-state index in [0.29, 0.717) is 5.92 Å². The van der Waals surface area contributed by atoms with Crippen LogP contribution in [-0.2, 0) is 6.42 Å². The van der Waals surface area contributed by atoms with Crippen molar-refractivity contribution in [1.29, 1.82) is 0 Å². The summed E-state index contributed by atoms with van der Waals surface area (Å²) in [6.07, 6.45) is 15.2. The summed E-state index contributed by atoms with van der Waals surface area (Å²) in [7, 11) is 1.50. The molecule has 0 saturated carbocycles. The van der Waals surface area contributed by atoms with Gasteiger partial charge < -0.3 is 5.73 Å². The lowest BCUT2D eigenvalue weighted by Gasteiger charge is -2.21. The second-order valence-corrected chi connectivity index (χ2v) is 8.93. The number of rotatable bonds is 9. The van der Waals surface area contributed by atoms with Crippen LogP contribution in [0.2, 0.25) is 0 Å². The molecule has 1 unspecified atom stereocenters. The summed E-state index contributed by atoms with van der Waals surface area (Å²) in [6, 6.07) is 15.4. The lowest BCUT2D eigenvalue weighted by atomic mass is 9.85. The Balaban J connectivity index is 0.00000213. The van der Waals surface area contributed by atoms with Crippen molar-refractivity contribution in [3.8, 4) is 0 Å². The van der Waals surface area contributed by atoms with Gasteiger partial charge in [-0.15, -0.1) is 26.3 Å². The number of allylic oxidation sites excluding steroid dienone is 5. The number of aliphatic imine (C=N–C) groups is 1. The van der Waals surface area contributed by atoms with Crippen LogP contribution in [0.4, 0.5) is 0 Å². The summed E-state index contributed by atoms with van der Waals surface area (Å²) < 4.78 is 0. The molecular weight excluding hydrogens is 460 g/mol. The lowest BCUT2D eigenvalue weighted by molar-refractivity contribution is 0.708. The Morgan fingerprint density at radius 2 is 1.58 bits per heavy atom. The molecule has 0 fully saturated rings. The molecule has 2 aromatic rings. The molecule has 0 bridgehead atoms. The first-order chi connectivity index (χ1) is 18.5. The van der Waals surface area contributed by atoms with E-state index in [1.54, 1.807) is 0 Å². The maximum atomic E-state index is 5.01. The first-order valence-corrected chi connectivity index (χ1v) is 13.5. The fourth-order valence-electron chi connectivity index (χ4n) is 4.03. The summed E-state index contributed by atoms with van der Waals surface area (Å²) >= 11 is 0. The average Bonchev–Trinajstić information content (AvgIpc) is 2.97. The second-order valence-electron chi connectivity index (χ2n) is 8.93. The summed E-state index contributed by atoms with van der Waals surface area (Å²) in [4.78, 5) is 5.01. The highest BCUT2D eigenvalue weighted by Gasteiger charge is 2.17. The first-order valence-electron chi connectivity index (χ1n) is 13.5.